The monoisotopic (exact) mass is 598 g/mol. The quantitative estimate of drug-likeness (QED) is 0.362. The summed E-state index contributed by atoms with van der Waals surface area (Å²) in [4.78, 5) is 0. The van der Waals surface area contributed by atoms with Crippen LogP contribution >= 0.6 is 0 Å². The van der Waals surface area contributed by atoms with Crippen LogP contribution in [-0.2, 0) is 29.5 Å². The molecular weight excluding hydrogens is 597 g/mol. The average molecular weight is 598 g/mol. The van der Waals surface area contributed by atoms with Crippen molar-refractivity contribution < 1.29 is 91.1 Å². The van der Waals surface area contributed by atoms with Gasteiger partial charge in [-0.3, -0.25) is 0 Å². The van der Waals surface area contributed by atoms with Crippen molar-refractivity contribution in [1.29, 1.82) is 0 Å². The van der Waals surface area contributed by atoms with Crippen molar-refractivity contribution in [2.75, 3.05) is 0 Å². The molecule has 34 heavy (non-hydrogen) atoms. The van der Waals surface area contributed by atoms with Crippen LogP contribution in [0, 0.1) is 0 Å². The smallest absolute Gasteiger partial charge is 0.220 e. The summed E-state index contributed by atoms with van der Waals surface area (Å²) in [6.45, 7) is 0. The zero-order valence-electron chi connectivity index (χ0n) is 14.4. The Bertz CT molecular complexity index is 1090. The predicted molar refractivity (Wildman–Crippen MR) is 76.4 cm³/mol. The summed E-state index contributed by atoms with van der Waals surface area (Å²) in [6.07, 6.45) is -13.5. The number of alkyl halides is 6. The Hall–Kier alpha value is -1.98. The van der Waals surface area contributed by atoms with E-state index in [9.17, 15) is 91.1 Å². The van der Waals surface area contributed by atoms with Gasteiger partial charge in [0.05, 0.1) is 0 Å². The van der Waals surface area contributed by atoms with E-state index < -0.39 is 84.9 Å². The summed E-state index contributed by atoms with van der Waals surface area (Å²) in [7, 11) is -26.4. The lowest BCUT2D eigenvalue weighted by atomic mass is 10.6. The van der Waals surface area contributed by atoms with Crippen LogP contribution in [0.1, 0.15) is 0 Å². The minimum absolute atomic E-state index is 4.50. The highest BCUT2D eigenvalue weighted by atomic mass is 32.3. The summed E-state index contributed by atoms with van der Waals surface area (Å²) in [5.74, 6) is -14.2. The third kappa shape index (κ3) is 4.74. The van der Waals surface area contributed by atoms with Crippen LogP contribution in [0.15, 0.2) is 35.7 Å². The number of hydrogen-bond acceptors (Lipinski definition) is 6. The first-order valence-electron chi connectivity index (χ1n) is 6.65. The third-order valence-corrected chi connectivity index (χ3v) is 11.9. The van der Waals surface area contributed by atoms with Gasteiger partial charge in [0.2, 0.25) is 17.5 Å². The summed E-state index contributed by atoms with van der Waals surface area (Å²) < 4.78 is 256. The molecule has 200 valence electrons. The zero-order valence-corrected chi connectivity index (χ0v) is 16.9. The van der Waals surface area contributed by atoms with Gasteiger partial charge in [-0.05, 0) is 0 Å². The van der Waals surface area contributed by atoms with Crippen molar-refractivity contribution in [3.63, 3.8) is 0 Å². The maximum absolute atomic E-state index is 13.6. The van der Waals surface area contributed by atoms with Gasteiger partial charge in [0.15, 0.2) is 0 Å². The van der Waals surface area contributed by atoms with Crippen molar-refractivity contribution in [3.05, 3.63) is 35.7 Å². The van der Waals surface area contributed by atoms with Crippen molar-refractivity contribution >= 4 is 29.5 Å². The molecule has 0 aromatic rings. The molecule has 0 aliphatic heterocycles. The summed E-state index contributed by atoms with van der Waals surface area (Å²) in [5.41, 5.74) is 0. The van der Waals surface area contributed by atoms with Crippen molar-refractivity contribution in [2.24, 2.45) is 0 Å². The van der Waals surface area contributed by atoms with Gasteiger partial charge < -0.3 is 0 Å². The molecule has 0 amide bonds. The second-order valence-corrected chi connectivity index (χ2v) is 12.3. The first-order chi connectivity index (χ1) is 14.7. The highest BCUT2D eigenvalue weighted by molar-refractivity contribution is 8.25. The zero-order chi connectivity index (χ0) is 28.0. The Morgan fingerprint density at radius 2 is 0.559 bits per heavy atom. The van der Waals surface area contributed by atoms with Gasteiger partial charge in [-0.2, -0.15) is 65.9 Å². The fourth-order valence-electron chi connectivity index (χ4n) is 1.57. The summed E-state index contributed by atoms with van der Waals surface area (Å²) >= 11 is 0. The molecule has 0 saturated heterocycles. The molecule has 0 rings (SSSR count). The van der Waals surface area contributed by atoms with E-state index in [-0.39, 0.29) is 0 Å². The van der Waals surface area contributed by atoms with Crippen molar-refractivity contribution in [1.82, 2.24) is 0 Å². The fourth-order valence-corrected chi connectivity index (χ4v) is 9.45. The third-order valence-electron chi connectivity index (χ3n) is 3.10. The molecule has 0 unspecified atom stereocenters. The number of rotatable bonds is 9. The molecule has 0 atom stereocenters. The van der Waals surface area contributed by atoms with Crippen LogP contribution in [0.4, 0.5) is 65.9 Å². The molecule has 0 heterocycles. The minimum Gasteiger partial charge on any atom is -0.220 e. The van der Waals surface area contributed by atoms with Crippen LogP contribution in [0.5, 0.6) is 0 Å². The number of hydrogen-bond donors (Lipinski definition) is 0. The normalized spacial score (nSPS) is 14.1. The molecule has 0 aliphatic rings. The van der Waals surface area contributed by atoms with E-state index in [1.54, 1.807) is 0 Å². The molecule has 0 bridgehead atoms. The van der Waals surface area contributed by atoms with E-state index in [0.717, 1.165) is 0 Å². The van der Waals surface area contributed by atoms with E-state index in [0.29, 0.717) is 0 Å². The average Bonchev–Trinajstić information content (AvgIpc) is 2.64. The molecule has 0 spiro atoms. The number of sulfone groups is 3. The molecule has 0 N–H and O–H groups in total. The highest BCUT2D eigenvalue weighted by Gasteiger charge is 2.75. The van der Waals surface area contributed by atoms with Crippen LogP contribution < -0.4 is 0 Å². The Morgan fingerprint density at radius 1 is 0.412 bits per heavy atom. The molecule has 0 aromatic carbocycles. The van der Waals surface area contributed by atoms with Crippen molar-refractivity contribution in [3.8, 4) is 0 Å². The Morgan fingerprint density at radius 3 is 0.676 bits per heavy atom. The van der Waals surface area contributed by atoms with E-state index in [4.69, 9.17) is 0 Å². The second kappa shape index (κ2) is 9.23. The second-order valence-electron chi connectivity index (χ2n) is 5.20. The van der Waals surface area contributed by atoms with E-state index >= 15 is 0 Å². The van der Waals surface area contributed by atoms with Gasteiger partial charge in [-0.25, -0.2) is 25.3 Å². The lowest BCUT2D eigenvalue weighted by molar-refractivity contribution is 0.0876. The molecule has 0 radical (unpaired) electrons. The fraction of sp³-hybridized carbons (Fsp3) is 0.400. The standard InChI is InChI=1S/C10HF15O6S3/c11-1(4(14)15)8(20,21)32(26,27)7(33(28,29)9(22,23)2(12)5(16)17)34(30,31)10(24,25)3(13)6(18)19/h7H. The van der Waals surface area contributed by atoms with Gasteiger partial charge in [-0.1, -0.05) is 0 Å². The summed E-state index contributed by atoms with van der Waals surface area (Å²) in [6, 6.07) is 0. The van der Waals surface area contributed by atoms with Gasteiger partial charge in [0, 0.05) is 0 Å². The summed E-state index contributed by atoms with van der Waals surface area (Å²) in [5, 5.41) is -22.3. The lowest BCUT2D eigenvalue weighted by Crippen LogP contribution is -2.55. The predicted octanol–water partition coefficient (Wildman–Crippen LogP) is 4.53. The maximum Gasteiger partial charge on any atom is 0.403 e. The van der Waals surface area contributed by atoms with E-state index in [1.165, 1.54) is 0 Å². The van der Waals surface area contributed by atoms with E-state index in [2.05, 4.69) is 0 Å². The lowest BCUT2D eigenvalue weighted by Gasteiger charge is -2.27. The SMILES string of the molecule is O=S(=O)(C(S(=O)(=O)C(F)(F)C(F)=C(F)F)S(=O)(=O)C(F)(F)C(F)=C(F)F)C(F)(F)C(F)=C(F)F. The highest BCUT2D eigenvalue weighted by Crippen LogP contribution is 2.49. The van der Waals surface area contributed by atoms with Crippen LogP contribution in [0.25, 0.3) is 0 Å². The van der Waals surface area contributed by atoms with Gasteiger partial charge >= 0.3 is 34.0 Å². The van der Waals surface area contributed by atoms with Gasteiger partial charge in [-0.15, -0.1) is 0 Å². The Balaban J connectivity index is 8.08. The first-order valence-corrected chi connectivity index (χ1v) is 11.3. The largest absolute Gasteiger partial charge is 0.403 e. The Labute approximate surface area is 176 Å². The molecule has 6 nitrogen and oxygen atoms in total. The van der Waals surface area contributed by atoms with E-state index in [1.807, 2.05) is 0 Å². The molecule has 0 aromatic heterocycles. The number of halogens is 15. The van der Waals surface area contributed by atoms with Crippen LogP contribution in [0.3, 0.4) is 0 Å². The van der Waals surface area contributed by atoms with Gasteiger partial charge in [0.25, 0.3) is 33.4 Å². The minimum atomic E-state index is -8.80. The molecule has 0 fully saturated rings. The first kappa shape index (κ1) is 32.0. The van der Waals surface area contributed by atoms with Crippen molar-refractivity contribution in [2.45, 2.75) is 19.7 Å². The molecular formula is C10HF15O6S3. The van der Waals surface area contributed by atoms with Gasteiger partial charge in [0.1, 0.15) is 0 Å². The molecule has 24 heteroatoms. The molecule has 0 aliphatic carbocycles. The molecule has 0 saturated carbocycles. The Kier molecular flexibility index (Phi) is 8.70. The van der Waals surface area contributed by atoms with Crippen LogP contribution in [-0.4, -0.2) is 44.9 Å². The van der Waals surface area contributed by atoms with Crippen LogP contribution in [0.2, 0.25) is 0 Å². The topological polar surface area (TPSA) is 102 Å². The maximum atomic E-state index is 13.6.